The number of aliphatic carboxylic acids is 1. The highest BCUT2D eigenvalue weighted by molar-refractivity contribution is 5.86. The molecule has 0 saturated carbocycles. The van der Waals surface area contributed by atoms with Gasteiger partial charge < -0.3 is 15.4 Å². The molecule has 0 fully saturated rings. The summed E-state index contributed by atoms with van der Waals surface area (Å²) in [6.45, 7) is 5.28. The molecule has 2 aromatic rings. The molecule has 1 aromatic carbocycles. The Morgan fingerprint density at radius 1 is 1.22 bits per heavy atom. The fourth-order valence-corrected chi connectivity index (χ4v) is 3.00. The van der Waals surface area contributed by atoms with Crippen LogP contribution in [0.25, 0.3) is 10.9 Å². The largest absolute Gasteiger partial charge is 0.480 e. The van der Waals surface area contributed by atoms with Crippen LogP contribution in [0.15, 0.2) is 33.9 Å². The molecule has 8 heteroatoms. The van der Waals surface area contributed by atoms with Crippen molar-refractivity contribution in [1.82, 2.24) is 14.9 Å². The third kappa shape index (κ3) is 4.45. The summed E-state index contributed by atoms with van der Waals surface area (Å²) in [4.78, 5) is 52.2. The molecule has 2 rings (SSSR count). The standard InChI is InChI=1S/C19H25N3O5/c1-4-5-10-14(16(23)21-15(11(2)3)18(25)26)22-17(24)12-8-6-7-9-13(12)20-19(22)27/h6-9,11,14-15H,4-5,10H2,1-3H3,(H,20,27)(H,21,23)(H,25,26)/t14-,15+/m1/s1. The van der Waals surface area contributed by atoms with E-state index < -0.39 is 35.2 Å². The van der Waals surface area contributed by atoms with Crippen molar-refractivity contribution >= 4 is 22.8 Å². The lowest BCUT2D eigenvalue weighted by molar-refractivity contribution is -0.143. The predicted molar refractivity (Wildman–Crippen MR) is 102 cm³/mol. The summed E-state index contributed by atoms with van der Waals surface area (Å²) in [6.07, 6.45) is 1.63. The number of unbranched alkanes of at least 4 members (excludes halogenated alkanes) is 1. The zero-order chi connectivity index (χ0) is 20.1. The lowest BCUT2D eigenvalue weighted by Crippen LogP contribution is -2.50. The van der Waals surface area contributed by atoms with Crippen molar-refractivity contribution in [3.63, 3.8) is 0 Å². The first-order chi connectivity index (χ1) is 12.8. The van der Waals surface area contributed by atoms with Gasteiger partial charge in [0.25, 0.3) is 5.56 Å². The third-order valence-electron chi connectivity index (χ3n) is 4.51. The molecule has 0 aliphatic rings. The molecule has 0 saturated heterocycles. The van der Waals surface area contributed by atoms with Gasteiger partial charge >= 0.3 is 11.7 Å². The van der Waals surface area contributed by atoms with E-state index in [2.05, 4.69) is 10.3 Å². The Bertz CT molecular complexity index is 944. The minimum absolute atomic E-state index is 0.258. The second kappa shape index (κ2) is 8.66. The topological polar surface area (TPSA) is 121 Å². The summed E-state index contributed by atoms with van der Waals surface area (Å²) in [7, 11) is 0. The Labute approximate surface area is 156 Å². The molecule has 2 atom stereocenters. The zero-order valence-corrected chi connectivity index (χ0v) is 15.7. The molecule has 3 N–H and O–H groups in total. The number of hydrogen-bond donors (Lipinski definition) is 3. The van der Waals surface area contributed by atoms with Crippen molar-refractivity contribution in [2.24, 2.45) is 5.92 Å². The lowest BCUT2D eigenvalue weighted by atomic mass is 10.0. The number of carbonyl (C=O) groups excluding carboxylic acids is 1. The van der Waals surface area contributed by atoms with E-state index >= 15 is 0 Å². The number of rotatable bonds is 8. The fourth-order valence-electron chi connectivity index (χ4n) is 3.00. The number of nitrogens with one attached hydrogen (secondary N) is 2. The van der Waals surface area contributed by atoms with Crippen LogP contribution in [0.5, 0.6) is 0 Å². The quantitative estimate of drug-likeness (QED) is 0.648. The molecule has 0 radical (unpaired) electrons. The highest BCUT2D eigenvalue weighted by Gasteiger charge is 2.30. The summed E-state index contributed by atoms with van der Waals surface area (Å²) >= 11 is 0. The van der Waals surface area contributed by atoms with Gasteiger partial charge in [0, 0.05) is 0 Å². The molecule has 0 unspecified atom stereocenters. The van der Waals surface area contributed by atoms with E-state index in [0.717, 1.165) is 11.0 Å². The first-order valence-electron chi connectivity index (χ1n) is 9.04. The van der Waals surface area contributed by atoms with E-state index in [1.807, 2.05) is 6.92 Å². The van der Waals surface area contributed by atoms with E-state index in [1.54, 1.807) is 38.1 Å². The maximum Gasteiger partial charge on any atom is 0.329 e. The van der Waals surface area contributed by atoms with Crippen molar-refractivity contribution < 1.29 is 14.7 Å². The minimum Gasteiger partial charge on any atom is -0.480 e. The van der Waals surface area contributed by atoms with Crippen molar-refractivity contribution in [1.29, 1.82) is 0 Å². The molecular weight excluding hydrogens is 350 g/mol. The van der Waals surface area contributed by atoms with Crippen LogP contribution in [0.2, 0.25) is 0 Å². The Morgan fingerprint density at radius 3 is 2.48 bits per heavy atom. The SMILES string of the molecule is CCCC[C@H](C(=O)N[C@H](C(=O)O)C(C)C)n1c(=O)[nH]c2ccccc2c1=O. The smallest absolute Gasteiger partial charge is 0.329 e. The number of carboxylic acids is 1. The first kappa shape index (κ1) is 20.4. The van der Waals surface area contributed by atoms with Gasteiger partial charge in [-0.15, -0.1) is 0 Å². The average Bonchev–Trinajstić information content (AvgIpc) is 2.61. The van der Waals surface area contributed by atoms with Gasteiger partial charge in [0.1, 0.15) is 12.1 Å². The lowest BCUT2D eigenvalue weighted by Gasteiger charge is -2.23. The van der Waals surface area contributed by atoms with Gasteiger partial charge in [-0.3, -0.25) is 9.59 Å². The number of hydrogen-bond acceptors (Lipinski definition) is 4. The summed E-state index contributed by atoms with van der Waals surface area (Å²) in [5, 5.41) is 12.1. The van der Waals surface area contributed by atoms with Gasteiger partial charge in [0.15, 0.2) is 0 Å². The van der Waals surface area contributed by atoms with Crippen LogP contribution in [0, 0.1) is 5.92 Å². The van der Waals surface area contributed by atoms with Gasteiger partial charge in [0.2, 0.25) is 5.91 Å². The summed E-state index contributed by atoms with van der Waals surface area (Å²) in [6, 6.07) is 4.38. The van der Waals surface area contributed by atoms with Crippen LogP contribution in [-0.2, 0) is 9.59 Å². The fraction of sp³-hybridized carbons (Fsp3) is 0.474. The molecule has 0 aliphatic carbocycles. The number of aromatic amines is 1. The maximum atomic E-state index is 12.9. The number of carbonyl (C=O) groups is 2. The molecule has 1 amide bonds. The number of amides is 1. The second-order valence-electron chi connectivity index (χ2n) is 6.88. The Morgan fingerprint density at radius 2 is 1.89 bits per heavy atom. The second-order valence-corrected chi connectivity index (χ2v) is 6.88. The minimum atomic E-state index is -1.16. The van der Waals surface area contributed by atoms with Gasteiger partial charge in [0.05, 0.1) is 10.9 Å². The normalized spacial score (nSPS) is 13.5. The van der Waals surface area contributed by atoms with Gasteiger partial charge in [-0.05, 0) is 24.5 Å². The van der Waals surface area contributed by atoms with Crippen molar-refractivity contribution in [2.75, 3.05) is 0 Å². The van der Waals surface area contributed by atoms with Crippen molar-refractivity contribution in [3.05, 3.63) is 45.1 Å². The highest BCUT2D eigenvalue weighted by atomic mass is 16.4. The number of fused-ring (bicyclic) bond motifs is 1. The Hall–Kier alpha value is -2.90. The molecule has 1 heterocycles. The zero-order valence-electron chi connectivity index (χ0n) is 15.7. The number of carboxylic acid groups (broad SMARTS) is 1. The number of benzene rings is 1. The maximum absolute atomic E-state index is 12.9. The Kier molecular flexibility index (Phi) is 6.55. The van der Waals surface area contributed by atoms with Crippen LogP contribution in [0.1, 0.15) is 46.1 Å². The van der Waals surface area contributed by atoms with Crippen molar-refractivity contribution in [3.8, 4) is 0 Å². The number of para-hydroxylation sites is 1. The molecule has 0 spiro atoms. The molecule has 146 valence electrons. The molecule has 0 aliphatic heterocycles. The molecule has 8 nitrogen and oxygen atoms in total. The number of nitrogens with zero attached hydrogens (tertiary/aromatic N) is 1. The van der Waals surface area contributed by atoms with Crippen molar-refractivity contribution in [2.45, 2.75) is 52.1 Å². The summed E-state index contributed by atoms with van der Waals surface area (Å²) in [5.41, 5.74) is -0.864. The van der Waals surface area contributed by atoms with Gasteiger partial charge in [-0.2, -0.15) is 0 Å². The molecular formula is C19H25N3O5. The van der Waals surface area contributed by atoms with Crippen LogP contribution < -0.4 is 16.6 Å². The van der Waals surface area contributed by atoms with E-state index in [9.17, 15) is 24.3 Å². The Balaban J connectivity index is 2.52. The number of H-pyrrole nitrogens is 1. The summed E-state index contributed by atoms with van der Waals surface area (Å²) in [5.74, 6) is -2.15. The first-order valence-corrected chi connectivity index (χ1v) is 9.04. The number of aromatic nitrogens is 2. The highest BCUT2D eigenvalue weighted by Crippen LogP contribution is 2.15. The van der Waals surface area contributed by atoms with Crippen LogP contribution in [0.3, 0.4) is 0 Å². The van der Waals surface area contributed by atoms with Gasteiger partial charge in [-0.1, -0.05) is 45.7 Å². The van der Waals surface area contributed by atoms with E-state index in [4.69, 9.17) is 0 Å². The van der Waals surface area contributed by atoms with Crippen LogP contribution in [-0.4, -0.2) is 32.6 Å². The third-order valence-corrected chi connectivity index (χ3v) is 4.51. The van der Waals surface area contributed by atoms with Crippen LogP contribution in [0.4, 0.5) is 0 Å². The van der Waals surface area contributed by atoms with E-state index in [1.165, 1.54) is 0 Å². The van der Waals surface area contributed by atoms with E-state index in [0.29, 0.717) is 17.3 Å². The summed E-state index contributed by atoms with van der Waals surface area (Å²) < 4.78 is 0.895. The monoisotopic (exact) mass is 375 g/mol. The molecule has 1 aromatic heterocycles. The molecule has 27 heavy (non-hydrogen) atoms. The van der Waals surface area contributed by atoms with E-state index in [-0.39, 0.29) is 12.3 Å². The van der Waals surface area contributed by atoms with Gasteiger partial charge in [-0.25, -0.2) is 14.2 Å². The molecule has 0 bridgehead atoms. The van der Waals surface area contributed by atoms with Crippen LogP contribution >= 0.6 is 0 Å². The average molecular weight is 375 g/mol. The predicted octanol–water partition coefficient (Wildman–Crippen LogP) is 1.65.